The highest BCUT2D eigenvalue weighted by atomic mass is 32.2. The lowest BCUT2D eigenvalue weighted by Crippen LogP contribution is -2.36. The first kappa shape index (κ1) is 6.35. The van der Waals surface area contributed by atoms with Gasteiger partial charge in [-0.25, -0.2) is 0 Å². The summed E-state index contributed by atoms with van der Waals surface area (Å²) in [6.07, 6.45) is 0. The first-order valence-electron chi connectivity index (χ1n) is 2.59. The molecule has 46 valence electrons. The quantitative estimate of drug-likeness (QED) is 0.467. The van der Waals surface area contributed by atoms with Crippen molar-refractivity contribution in [3.05, 3.63) is 0 Å². The van der Waals surface area contributed by atoms with Gasteiger partial charge in [0.25, 0.3) is 0 Å². The Bertz CT molecular complexity index is 65.1. The van der Waals surface area contributed by atoms with Crippen LogP contribution >= 0.6 is 11.8 Å². The van der Waals surface area contributed by atoms with Gasteiger partial charge in [-0.05, 0) is 0 Å². The van der Waals surface area contributed by atoms with Crippen molar-refractivity contribution in [1.82, 2.24) is 10.6 Å². The third-order valence-corrected chi connectivity index (χ3v) is 2.05. The molecule has 4 heteroatoms. The molecule has 0 unspecified atom stereocenters. The van der Waals surface area contributed by atoms with Crippen molar-refractivity contribution in [3.63, 3.8) is 0 Å². The number of hydrogen-bond donors (Lipinski definition) is 0. The average Bonchev–Trinajstić information content (AvgIpc) is 1.90. The molecule has 0 aliphatic carbocycles. The Kier molecular flexibility index (Phi) is 2.62. The highest BCUT2D eigenvalue weighted by Crippen LogP contribution is 2.06. The minimum absolute atomic E-state index is 0.828. The molecule has 1 aliphatic rings. The van der Waals surface area contributed by atoms with Gasteiger partial charge in [-0.3, -0.25) is 0 Å². The maximum Gasteiger partial charge on any atom is 0.0302 e. The zero-order valence-electron chi connectivity index (χ0n) is 4.54. The van der Waals surface area contributed by atoms with E-state index in [0.29, 0.717) is 0 Å². The maximum atomic E-state index is 9.83. The Morgan fingerprint density at radius 1 is 1.38 bits per heavy atom. The van der Waals surface area contributed by atoms with Gasteiger partial charge in [0.15, 0.2) is 0 Å². The van der Waals surface area contributed by atoms with E-state index in [1.54, 1.807) is 5.01 Å². The third-order valence-electron chi connectivity index (χ3n) is 1.10. The molecule has 0 atom stereocenters. The van der Waals surface area contributed by atoms with Crippen molar-refractivity contribution in [1.29, 1.82) is 0 Å². The van der Waals surface area contributed by atoms with Crippen LogP contribution in [0.15, 0.2) is 0 Å². The summed E-state index contributed by atoms with van der Waals surface area (Å²) in [5, 5.41) is 11.4. The molecule has 0 saturated carbocycles. The molecule has 0 bridgehead atoms. The summed E-state index contributed by atoms with van der Waals surface area (Å²) >= 11 is 1.87. The van der Waals surface area contributed by atoms with E-state index in [4.69, 9.17) is 0 Å². The van der Waals surface area contributed by atoms with Gasteiger partial charge < -0.3 is 0 Å². The van der Waals surface area contributed by atoms with Crippen LogP contribution < -0.4 is 5.59 Å². The van der Waals surface area contributed by atoms with E-state index in [9.17, 15) is 5.21 Å². The SMILES string of the molecule is [O][N]N1CCSCC1. The fourth-order valence-corrected chi connectivity index (χ4v) is 1.52. The first-order valence-corrected chi connectivity index (χ1v) is 3.75. The van der Waals surface area contributed by atoms with Crippen molar-refractivity contribution < 1.29 is 5.21 Å². The molecule has 0 spiro atoms. The highest BCUT2D eigenvalue weighted by Gasteiger charge is 2.09. The predicted octanol–water partition coefficient (Wildman–Crippen LogP) is -0.0999. The second-order valence-corrected chi connectivity index (χ2v) is 2.87. The van der Waals surface area contributed by atoms with E-state index in [2.05, 4.69) is 5.59 Å². The van der Waals surface area contributed by atoms with Crippen molar-refractivity contribution >= 4 is 11.8 Å². The summed E-state index contributed by atoms with van der Waals surface area (Å²) in [6.45, 7) is 1.66. The summed E-state index contributed by atoms with van der Waals surface area (Å²) in [7, 11) is 0. The lowest BCUT2D eigenvalue weighted by molar-refractivity contribution is -0.0791. The van der Waals surface area contributed by atoms with E-state index in [0.717, 1.165) is 24.6 Å². The van der Waals surface area contributed by atoms with E-state index in [-0.39, 0.29) is 0 Å². The molecule has 0 N–H and O–H groups in total. The second kappa shape index (κ2) is 3.29. The normalized spacial score (nSPS) is 23.6. The van der Waals surface area contributed by atoms with Crippen LogP contribution in [0.25, 0.3) is 0 Å². The van der Waals surface area contributed by atoms with Gasteiger partial charge in [-0.15, -0.1) is 0 Å². The molecule has 2 radical (unpaired) electrons. The predicted molar refractivity (Wildman–Crippen MR) is 31.7 cm³/mol. The van der Waals surface area contributed by atoms with Crippen LogP contribution in [0.5, 0.6) is 0 Å². The Hall–Kier alpha value is 0.230. The van der Waals surface area contributed by atoms with Crippen LogP contribution in [-0.2, 0) is 5.21 Å². The smallest absolute Gasteiger partial charge is 0.0302 e. The molecule has 0 amide bonds. The van der Waals surface area contributed by atoms with E-state index < -0.39 is 0 Å². The van der Waals surface area contributed by atoms with Crippen LogP contribution in [0, 0.1) is 0 Å². The van der Waals surface area contributed by atoms with Crippen LogP contribution in [-0.4, -0.2) is 29.6 Å². The minimum Gasteiger partial charge on any atom is -0.196 e. The van der Waals surface area contributed by atoms with E-state index >= 15 is 0 Å². The maximum absolute atomic E-state index is 9.83. The Morgan fingerprint density at radius 3 is 2.38 bits per heavy atom. The van der Waals surface area contributed by atoms with E-state index in [1.807, 2.05) is 11.8 Å². The zero-order valence-corrected chi connectivity index (χ0v) is 5.36. The van der Waals surface area contributed by atoms with Crippen molar-refractivity contribution in [2.24, 2.45) is 0 Å². The third kappa shape index (κ3) is 1.63. The summed E-state index contributed by atoms with van der Waals surface area (Å²) in [5.74, 6) is 2.09. The van der Waals surface area contributed by atoms with Crippen LogP contribution in [0.4, 0.5) is 0 Å². The summed E-state index contributed by atoms with van der Waals surface area (Å²) < 4.78 is 0. The lowest BCUT2D eigenvalue weighted by atomic mass is 10.6. The fourth-order valence-electron chi connectivity index (χ4n) is 0.635. The number of thioether (sulfide) groups is 1. The minimum atomic E-state index is 0.828. The average molecular weight is 132 g/mol. The molecule has 8 heavy (non-hydrogen) atoms. The van der Waals surface area contributed by atoms with E-state index in [1.165, 1.54) is 0 Å². The molecular weight excluding hydrogens is 124 g/mol. The molecule has 0 aromatic heterocycles. The fraction of sp³-hybridized carbons (Fsp3) is 1.00. The second-order valence-electron chi connectivity index (χ2n) is 1.65. The van der Waals surface area contributed by atoms with Crippen molar-refractivity contribution in [2.45, 2.75) is 0 Å². The molecule has 1 rings (SSSR count). The van der Waals surface area contributed by atoms with Crippen LogP contribution in [0.2, 0.25) is 0 Å². The first-order chi connectivity index (χ1) is 3.93. The highest BCUT2D eigenvalue weighted by molar-refractivity contribution is 7.99. The Balaban J connectivity index is 2.13. The lowest BCUT2D eigenvalue weighted by Gasteiger charge is -2.19. The summed E-state index contributed by atoms with van der Waals surface area (Å²) in [5.41, 5.74) is 2.82. The van der Waals surface area contributed by atoms with Gasteiger partial charge in [0.1, 0.15) is 0 Å². The van der Waals surface area contributed by atoms with Crippen LogP contribution in [0.3, 0.4) is 0 Å². The number of rotatable bonds is 1. The summed E-state index contributed by atoms with van der Waals surface area (Å²) in [6, 6.07) is 0. The molecule has 1 fully saturated rings. The molecule has 1 aliphatic heterocycles. The monoisotopic (exact) mass is 132 g/mol. The number of hydrogen-bond acceptors (Lipinski definition) is 2. The topological polar surface area (TPSA) is 37.2 Å². The van der Waals surface area contributed by atoms with Crippen LogP contribution in [0.1, 0.15) is 0 Å². The van der Waals surface area contributed by atoms with Gasteiger partial charge in [0, 0.05) is 30.2 Å². The Morgan fingerprint density at radius 2 is 2.00 bits per heavy atom. The van der Waals surface area contributed by atoms with Gasteiger partial charge in [-0.1, -0.05) is 5.21 Å². The zero-order chi connectivity index (χ0) is 5.82. The molecule has 1 heterocycles. The standard InChI is InChI=1S/C4H8N2OS/c7-5-6-1-3-8-4-2-6/h1-4H2. The molecule has 1 saturated heterocycles. The van der Waals surface area contributed by atoms with Crippen molar-refractivity contribution in [3.8, 4) is 0 Å². The van der Waals surface area contributed by atoms with Crippen molar-refractivity contribution in [2.75, 3.05) is 24.6 Å². The molecular formula is C4H8N2OS. The van der Waals surface area contributed by atoms with Gasteiger partial charge >= 0.3 is 0 Å². The number of nitrogens with zero attached hydrogens (tertiary/aromatic N) is 2. The van der Waals surface area contributed by atoms with Gasteiger partial charge in [0.05, 0.1) is 0 Å². The molecule has 3 nitrogen and oxygen atoms in total. The summed E-state index contributed by atoms with van der Waals surface area (Å²) in [4.78, 5) is 0. The van der Waals surface area contributed by atoms with Gasteiger partial charge in [0.2, 0.25) is 0 Å². The largest absolute Gasteiger partial charge is 0.196 e. The Labute approximate surface area is 53.0 Å². The van der Waals surface area contributed by atoms with Gasteiger partial charge in [-0.2, -0.15) is 16.8 Å². The molecule has 0 aromatic carbocycles. The molecule has 0 aromatic rings.